The predicted octanol–water partition coefficient (Wildman–Crippen LogP) is 2.55. The predicted molar refractivity (Wildman–Crippen MR) is 81.8 cm³/mol. The van der Waals surface area contributed by atoms with E-state index in [1.165, 1.54) is 0 Å². The normalized spacial score (nSPS) is 24.8. The number of carbonyl (C=O) groups is 1. The fraction of sp³-hybridized carbons (Fsp3) is 0.786. The SMILES string of the molecule is CC(C)(C)[Si](C)(C)OC1CCCN1N1C=CN(C=O)C1. The van der Waals surface area contributed by atoms with Crippen LogP contribution in [0.3, 0.4) is 0 Å². The Hall–Kier alpha value is -0.853. The number of hydrogen-bond donors (Lipinski definition) is 0. The van der Waals surface area contributed by atoms with Gasteiger partial charge in [-0.3, -0.25) is 9.80 Å². The van der Waals surface area contributed by atoms with Crippen LogP contribution < -0.4 is 0 Å². The Bertz CT molecular complexity index is 392. The molecule has 2 heterocycles. The number of nitrogens with zero attached hydrogens (tertiary/aromatic N) is 3. The van der Waals surface area contributed by atoms with E-state index in [1.807, 2.05) is 12.4 Å². The van der Waals surface area contributed by atoms with Crippen LogP contribution in [0.4, 0.5) is 0 Å². The van der Waals surface area contributed by atoms with Crippen LogP contribution in [0.1, 0.15) is 33.6 Å². The maximum absolute atomic E-state index is 10.8. The van der Waals surface area contributed by atoms with E-state index in [0.29, 0.717) is 6.67 Å². The molecule has 114 valence electrons. The average molecular weight is 297 g/mol. The van der Waals surface area contributed by atoms with Crippen molar-refractivity contribution >= 4 is 14.7 Å². The summed E-state index contributed by atoms with van der Waals surface area (Å²) in [5, 5.41) is 4.58. The average Bonchev–Trinajstić information content (AvgIpc) is 2.94. The van der Waals surface area contributed by atoms with Gasteiger partial charge in [0, 0.05) is 18.9 Å². The molecule has 1 unspecified atom stereocenters. The molecule has 0 spiro atoms. The van der Waals surface area contributed by atoms with Gasteiger partial charge < -0.3 is 9.33 Å². The van der Waals surface area contributed by atoms with E-state index in [1.54, 1.807) is 4.90 Å². The summed E-state index contributed by atoms with van der Waals surface area (Å²) in [6.07, 6.45) is 6.99. The van der Waals surface area contributed by atoms with Crippen molar-refractivity contribution in [3.8, 4) is 0 Å². The molecule has 2 aliphatic rings. The monoisotopic (exact) mass is 297 g/mol. The van der Waals surface area contributed by atoms with Crippen LogP contribution >= 0.6 is 0 Å². The summed E-state index contributed by atoms with van der Waals surface area (Å²) in [6.45, 7) is 13.0. The van der Waals surface area contributed by atoms with Crippen LogP contribution in [-0.4, -0.2) is 49.1 Å². The number of hydrazine groups is 1. The van der Waals surface area contributed by atoms with Crippen LogP contribution in [0.2, 0.25) is 18.1 Å². The van der Waals surface area contributed by atoms with Gasteiger partial charge in [-0.2, -0.15) is 5.01 Å². The lowest BCUT2D eigenvalue weighted by Crippen LogP contribution is -2.51. The van der Waals surface area contributed by atoms with Gasteiger partial charge in [0.05, 0.1) is 0 Å². The highest BCUT2D eigenvalue weighted by Crippen LogP contribution is 2.39. The maximum Gasteiger partial charge on any atom is 0.215 e. The lowest BCUT2D eigenvalue weighted by molar-refractivity contribution is -0.122. The molecule has 0 radical (unpaired) electrons. The molecule has 1 atom stereocenters. The first kappa shape index (κ1) is 15.5. The number of amides is 1. The van der Waals surface area contributed by atoms with E-state index in [0.717, 1.165) is 25.8 Å². The molecule has 20 heavy (non-hydrogen) atoms. The highest BCUT2D eigenvalue weighted by atomic mass is 28.4. The zero-order chi connectivity index (χ0) is 15.0. The number of rotatable bonds is 4. The van der Waals surface area contributed by atoms with Crippen LogP contribution in [0.5, 0.6) is 0 Å². The van der Waals surface area contributed by atoms with E-state index in [-0.39, 0.29) is 11.3 Å². The van der Waals surface area contributed by atoms with E-state index in [4.69, 9.17) is 4.43 Å². The third-order valence-electron chi connectivity index (χ3n) is 4.61. The maximum atomic E-state index is 10.8. The zero-order valence-electron chi connectivity index (χ0n) is 13.3. The fourth-order valence-electron chi connectivity index (χ4n) is 2.31. The van der Waals surface area contributed by atoms with Crippen molar-refractivity contribution in [2.75, 3.05) is 13.2 Å². The minimum atomic E-state index is -1.76. The zero-order valence-corrected chi connectivity index (χ0v) is 14.3. The van der Waals surface area contributed by atoms with Gasteiger partial charge in [0.25, 0.3) is 0 Å². The Kier molecular flexibility index (Phi) is 4.27. The van der Waals surface area contributed by atoms with Crippen LogP contribution in [0.15, 0.2) is 12.4 Å². The first-order valence-corrected chi connectivity index (χ1v) is 10.3. The highest BCUT2D eigenvalue weighted by molar-refractivity contribution is 6.74. The Labute approximate surface area is 123 Å². The molecule has 6 heteroatoms. The fourth-order valence-corrected chi connectivity index (χ4v) is 3.58. The van der Waals surface area contributed by atoms with Gasteiger partial charge in [-0.05, 0) is 31.0 Å². The minimum absolute atomic E-state index is 0.146. The van der Waals surface area contributed by atoms with Gasteiger partial charge in [-0.25, -0.2) is 0 Å². The minimum Gasteiger partial charge on any atom is -0.400 e. The van der Waals surface area contributed by atoms with Crippen LogP contribution in [0, 0.1) is 0 Å². The summed E-state index contributed by atoms with van der Waals surface area (Å²) in [7, 11) is -1.76. The van der Waals surface area contributed by atoms with Crippen molar-refractivity contribution in [3.63, 3.8) is 0 Å². The molecule has 0 saturated carbocycles. The second-order valence-corrected chi connectivity index (χ2v) is 11.9. The summed E-state index contributed by atoms with van der Waals surface area (Å²) < 4.78 is 6.54. The highest BCUT2D eigenvalue weighted by Gasteiger charge is 2.42. The number of carbonyl (C=O) groups excluding carboxylic acids is 1. The summed E-state index contributed by atoms with van der Waals surface area (Å²) >= 11 is 0. The van der Waals surface area contributed by atoms with E-state index >= 15 is 0 Å². The van der Waals surface area contributed by atoms with Crippen molar-refractivity contribution in [2.45, 2.75) is 58.0 Å². The van der Waals surface area contributed by atoms with Crippen molar-refractivity contribution in [2.24, 2.45) is 0 Å². The van der Waals surface area contributed by atoms with Crippen molar-refractivity contribution in [3.05, 3.63) is 12.4 Å². The second-order valence-electron chi connectivity index (χ2n) is 7.14. The summed E-state index contributed by atoms with van der Waals surface area (Å²) in [6, 6.07) is 0. The van der Waals surface area contributed by atoms with Crippen molar-refractivity contribution < 1.29 is 9.22 Å². The van der Waals surface area contributed by atoms with Crippen molar-refractivity contribution in [1.29, 1.82) is 0 Å². The molecular formula is C14H27N3O2Si. The first-order valence-electron chi connectivity index (χ1n) is 7.35. The van der Waals surface area contributed by atoms with E-state index in [9.17, 15) is 4.79 Å². The Morgan fingerprint density at radius 1 is 1.30 bits per heavy atom. The molecule has 5 nitrogen and oxygen atoms in total. The van der Waals surface area contributed by atoms with Gasteiger partial charge in [-0.1, -0.05) is 20.8 Å². The van der Waals surface area contributed by atoms with Crippen molar-refractivity contribution in [1.82, 2.24) is 14.9 Å². The van der Waals surface area contributed by atoms with Gasteiger partial charge in [0.15, 0.2) is 8.32 Å². The van der Waals surface area contributed by atoms with E-state index < -0.39 is 8.32 Å². The van der Waals surface area contributed by atoms with Gasteiger partial charge in [-0.15, -0.1) is 0 Å². The molecule has 0 aliphatic carbocycles. The summed E-state index contributed by atoms with van der Waals surface area (Å²) in [5.41, 5.74) is 0. The molecule has 1 amide bonds. The lowest BCUT2D eigenvalue weighted by atomic mass is 10.2. The molecule has 0 N–H and O–H groups in total. The molecule has 1 saturated heterocycles. The smallest absolute Gasteiger partial charge is 0.215 e. The second kappa shape index (κ2) is 5.50. The van der Waals surface area contributed by atoms with Gasteiger partial charge in [0.1, 0.15) is 12.9 Å². The quantitative estimate of drug-likeness (QED) is 0.590. The summed E-state index contributed by atoms with van der Waals surface area (Å²) in [4.78, 5) is 12.5. The molecule has 0 aromatic rings. The van der Waals surface area contributed by atoms with Gasteiger partial charge >= 0.3 is 0 Å². The Morgan fingerprint density at radius 3 is 2.55 bits per heavy atom. The number of hydrogen-bond acceptors (Lipinski definition) is 4. The van der Waals surface area contributed by atoms with Crippen LogP contribution in [-0.2, 0) is 9.22 Å². The van der Waals surface area contributed by atoms with Gasteiger partial charge in [0.2, 0.25) is 6.41 Å². The topological polar surface area (TPSA) is 36.0 Å². The molecule has 1 fully saturated rings. The third-order valence-corrected chi connectivity index (χ3v) is 9.09. The lowest BCUT2D eigenvalue weighted by Gasteiger charge is -2.42. The van der Waals surface area contributed by atoms with E-state index in [2.05, 4.69) is 43.9 Å². The largest absolute Gasteiger partial charge is 0.400 e. The molecule has 2 aliphatic heterocycles. The molecule has 0 bridgehead atoms. The standard InChI is InChI=1S/C14H27N3O2Si/c1-14(2,3)20(4,5)19-13-7-6-8-17(13)16-10-9-15(11-16)12-18/h9-10,12-13H,6-8,11H2,1-5H3. The molecular weight excluding hydrogens is 270 g/mol. The summed E-state index contributed by atoms with van der Waals surface area (Å²) in [5.74, 6) is 0. The Morgan fingerprint density at radius 2 is 2.00 bits per heavy atom. The third kappa shape index (κ3) is 3.07. The molecule has 0 aromatic carbocycles. The van der Waals surface area contributed by atoms with Crippen LogP contribution in [0.25, 0.3) is 0 Å². The first-order chi connectivity index (χ1) is 9.24. The molecule has 0 aromatic heterocycles. The Balaban J connectivity index is 2.02. The molecule has 2 rings (SSSR count).